The fourth-order valence-electron chi connectivity index (χ4n) is 2.19. The quantitative estimate of drug-likeness (QED) is 0.764. The second-order valence-electron chi connectivity index (χ2n) is 4.61. The first-order valence-electron chi connectivity index (χ1n) is 6.20. The number of fused-ring (bicyclic) bond motifs is 1. The number of nitrogens with zero attached hydrogens (tertiary/aromatic N) is 2. The van der Waals surface area contributed by atoms with Crippen LogP contribution in [0.15, 0.2) is 24.4 Å². The van der Waals surface area contributed by atoms with Crippen LogP contribution in [0.2, 0.25) is 0 Å². The number of carbonyl (C=O) groups is 1. The van der Waals surface area contributed by atoms with Crippen molar-refractivity contribution in [2.75, 3.05) is 18.4 Å². The van der Waals surface area contributed by atoms with Gasteiger partial charge in [-0.05, 0) is 25.1 Å². The number of nitrogens with one attached hydrogen (secondary N) is 2. The van der Waals surface area contributed by atoms with Gasteiger partial charge in [0.15, 0.2) is 0 Å². The first-order valence-corrected chi connectivity index (χ1v) is 6.20. The van der Waals surface area contributed by atoms with Gasteiger partial charge in [0, 0.05) is 24.2 Å². The van der Waals surface area contributed by atoms with E-state index in [0.717, 1.165) is 24.9 Å². The minimum absolute atomic E-state index is 0.236. The van der Waals surface area contributed by atoms with Gasteiger partial charge in [-0.3, -0.25) is 0 Å². The van der Waals surface area contributed by atoms with E-state index < -0.39 is 5.97 Å². The smallest absolute Gasteiger partial charge is 0.335 e. The Labute approximate surface area is 109 Å². The number of anilines is 1. The lowest BCUT2D eigenvalue weighted by Gasteiger charge is -2.11. The minimum atomic E-state index is -0.949. The topological polar surface area (TPSA) is 87.1 Å². The van der Waals surface area contributed by atoms with Crippen LogP contribution in [-0.2, 0) is 0 Å². The number of benzene rings is 1. The van der Waals surface area contributed by atoms with Crippen molar-refractivity contribution in [3.05, 3.63) is 30.0 Å². The van der Waals surface area contributed by atoms with Gasteiger partial charge < -0.3 is 15.7 Å². The summed E-state index contributed by atoms with van der Waals surface area (Å²) in [6.07, 6.45) is 2.75. The third-order valence-corrected chi connectivity index (χ3v) is 3.22. The Bertz CT molecular complexity index is 623. The van der Waals surface area contributed by atoms with Gasteiger partial charge in [-0.1, -0.05) is 6.07 Å². The molecule has 1 fully saturated rings. The molecule has 1 aliphatic rings. The van der Waals surface area contributed by atoms with Crippen molar-refractivity contribution in [2.45, 2.75) is 12.5 Å². The van der Waals surface area contributed by atoms with Gasteiger partial charge in [-0.15, -0.1) is 0 Å². The number of carboxylic acid groups (broad SMARTS) is 1. The highest BCUT2D eigenvalue weighted by Gasteiger charge is 2.15. The molecule has 0 saturated carbocycles. The normalized spacial score (nSPS) is 18.6. The molecular weight excluding hydrogens is 244 g/mol. The summed E-state index contributed by atoms with van der Waals surface area (Å²) in [5, 5.41) is 16.3. The molecule has 6 nitrogen and oxygen atoms in total. The fraction of sp³-hybridized carbons (Fsp3) is 0.308. The summed E-state index contributed by atoms with van der Waals surface area (Å²) >= 11 is 0. The molecule has 1 aromatic heterocycles. The van der Waals surface area contributed by atoms with E-state index in [4.69, 9.17) is 5.11 Å². The molecule has 0 spiro atoms. The highest BCUT2D eigenvalue weighted by molar-refractivity contribution is 5.93. The molecule has 3 rings (SSSR count). The molecule has 1 atom stereocenters. The second-order valence-corrected chi connectivity index (χ2v) is 4.61. The standard InChI is InChI=1S/C13H14N4O2/c18-12(19)8-1-2-9-6-15-13(17-11(9)5-8)16-10-3-4-14-7-10/h1-2,5-6,10,14H,3-4,7H2,(H,18,19)(H,15,16,17). The van der Waals surface area contributed by atoms with Crippen molar-refractivity contribution in [2.24, 2.45) is 0 Å². The monoisotopic (exact) mass is 258 g/mol. The van der Waals surface area contributed by atoms with Crippen LogP contribution in [0.4, 0.5) is 5.95 Å². The molecule has 98 valence electrons. The van der Waals surface area contributed by atoms with E-state index in [2.05, 4.69) is 20.6 Å². The molecule has 6 heteroatoms. The third kappa shape index (κ3) is 2.48. The molecule has 1 aromatic carbocycles. The third-order valence-electron chi connectivity index (χ3n) is 3.22. The van der Waals surface area contributed by atoms with Crippen LogP contribution >= 0.6 is 0 Å². The molecule has 0 aliphatic carbocycles. The van der Waals surface area contributed by atoms with E-state index >= 15 is 0 Å². The van der Waals surface area contributed by atoms with Crippen LogP contribution in [0.5, 0.6) is 0 Å². The van der Waals surface area contributed by atoms with Crippen LogP contribution in [0.1, 0.15) is 16.8 Å². The second kappa shape index (κ2) is 4.81. The van der Waals surface area contributed by atoms with Gasteiger partial charge in [0.25, 0.3) is 0 Å². The fourth-order valence-corrected chi connectivity index (χ4v) is 2.19. The number of carboxylic acids is 1. The van der Waals surface area contributed by atoms with Crippen molar-refractivity contribution in [3.8, 4) is 0 Å². The molecule has 0 amide bonds. The van der Waals surface area contributed by atoms with Crippen LogP contribution in [0.3, 0.4) is 0 Å². The predicted molar refractivity (Wildman–Crippen MR) is 71.4 cm³/mol. The maximum Gasteiger partial charge on any atom is 0.335 e. The molecule has 2 aromatic rings. The summed E-state index contributed by atoms with van der Waals surface area (Å²) in [7, 11) is 0. The maximum absolute atomic E-state index is 10.9. The van der Waals surface area contributed by atoms with Crippen LogP contribution in [0, 0.1) is 0 Å². The van der Waals surface area contributed by atoms with E-state index in [1.54, 1.807) is 24.4 Å². The summed E-state index contributed by atoms with van der Waals surface area (Å²) in [6, 6.07) is 5.18. The average molecular weight is 258 g/mol. The van der Waals surface area contributed by atoms with Gasteiger partial charge in [-0.2, -0.15) is 0 Å². The highest BCUT2D eigenvalue weighted by atomic mass is 16.4. The Balaban J connectivity index is 1.91. The molecule has 1 aliphatic heterocycles. The lowest BCUT2D eigenvalue weighted by molar-refractivity contribution is 0.0697. The Kier molecular flexibility index (Phi) is 3.00. The zero-order valence-corrected chi connectivity index (χ0v) is 10.3. The van der Waals surface area contributed by atoms with Crippen LogP contribution < -0.4 is 10.6 Å². The van der Waals surface area contributed by atoms with Crippen LogP contribution in [-0.4, -0.2) is 40.2 Å². The predicted octanol–water partition coefficient (Wildman–Crippen LogP) is 1.10. The highest BCUT2D eigenvalue weighted by Crippen LogP contribution is 2.16. The van der Waals surface area contributed by atoms with E-state index in [1.807, 2.05) is 0 Å². The van der Waals surface area contributed by atoms with Crippen molar-refractivity contribution in [1.29, 1.82) is 0 Å². The van der Waals surface area contributed by atoms with Gasteiger partial charge in [0.05, 0.1) is 11.1 Å². The van der Waals surface area contributed by atoms with Gasteiger partial charge in [0.1, 0.15) is 0 Å². The summed E-state index contributed by atoms with van der Waals surface area (Å²) in [5.41, 5.74) is 0.878. The number of aromatic carboxylic acids is 1. The summed E-state index contributed by atoms with van der Waals surface area (Å²) in [4.78, 5) is 19.6. The number of hydrogen-bond donors (Lipinski definition) is 3. The van der Waals surface area contributed by atoms with Gasteiger partial charge in [0.2, 0.25) is 5.95 Å². The van der Waals surface area contributed by atoms with Crippen LogP contribution in [0.25, 0.3) is 10.9 Å². The zero-order valence-electron chi connectivity index (χ0n) is 10.3. The van der Waals surface area contributed by atoms with Crippen molar-refractivity contribution in [1.82, 2.24) is 15.3 Å². The lowest BCUT2D eigenvalue weighted by atomic mass is 10.1. The number of aromatic nitrogens is 2. The SMILES string of the molecule is O=C(O)c1ccc2cnc(NC3CCNC3)nc2c1. The number of rotatable bonds is 3. The average Bonchev–Trinajstić information content (AvgIpc) is 2.90. The lowest BCUT2D eigenvalue weighted by Crippen LogP contribution is -2.23. The molecule has 0 bridgehead atoms. The Hall–Kier alpha value is -2.21. The Morgan fingerprint density at radius 1 is 1.47 bits per heavy atom. The maximum atomic E-state index is 10.9. The van der Waals surface area contributed by atoms with E-state index in [-0.39, 0.29) is 5.56 Å². The zero-order chi connectivity index (χ0) is 13.2. The molecule has 19 heavy (non-hydrogen) atoms. The molecule has 1 unspecified atom stereocenters. The minimum Gasteiger partial charge on any atom is -0.478 e. The van der Waals surface area contributed by atoms with Crippen molar-refractivity contribution >= 4 is 22.8 Å². The summed E-state index contributed by atoms with van der Waals surface area (Å²) in [5.74, 6) is -0.404. The van der Waals surface area contributed by atoms with E-state index in [0.29, 0.717) is 17.5 Å². The first-order chi connectivity index (χ1) is 9.22. The first kappa shape index (κ1) is 11.9. The summed E-state index contributed by atoms with van der Waals surface area (Å²) in [6.45, 7) is 1.89. The Morgan fingerprint density at radius 2 is 2.37 bits per heavy atom. The van der Waals surface area contributed by atoms with Crippen molar-refractivity contribution < 1.29 is 9.90 Å². The Morgan fingerprint density at radius 3 is 3.11 bits per heavy atom. The van der Waals surface area contributed by atoms with Crippen molar-refractivity contribution in [3.63, 3.8) is 0 Å². The number of hydrogen-bond acceptors (Lipinski definition) is 5. The molecule has 2 heterocycles. The van der Waals surface area contributed by atoms with E-state index in [1.165, 1.54) is 0 Å². The molecule has 3 N–H and O–H groups in total. The van der Waals surface area contributed by atoms with E-state index in [9.17, 15) is 4.79 Å². The molecule has 0 radical (unpaired) electrons. The largest absolute Gasteiger partial charge is 0.478 e. The molecule has 1 saturated heterocycles. The van der Waals surface area contributed by atoms with Gasteiger partial charge >= 0.3 is 5.97 Å². The summed E-state index contributed by atoms with van der Waals surface area (Å²) < 4.78 is 0. The van der Waals surface area contributed by atoms with Gasteiger partial charge in [-0.25, -0.2) is 14.8 Å². The molecular formula is C13H14N4O2.